The number of rotatable bonds is 8. The monoisotopic (exact) mass is 514 g/mol. The molecule has 0 atom stereocenters. The van der Waals surface area contributed by atoms with Crippen LogP contribution >= 0.6 is 34.5 Å². The van der Waals surface area contributed by atoms with Crippen molar-refractivity contribution in [2.45, 2.75) is 6.61 Å². The van der Waals surface area contributed by atoms with Crippen molar-refractivity contribution in [1.29, 1.82) is 0 Å². The lowest BCUT2D eigenvalue weighted by atomic mass is 10.2. The molecule has 34 heavy (non-hydrogen) atoms. The van der Waals surface area contributed by atoms with Gasteiger partial charge >= 0.3 is 0 Å². The van der Waals surface area contributed by atoms with E-state index in [9.17, 15) is 4.79 Å². The number of aromatic nitrogens is 1. The number of halogens is 2. The van der Waals surface area contributed by atoms with Gasteiger partial charge in [-0.15, -0.1) is 11.3 Å². The molecule has 0 fully saturated rings. The van der Waals surface area contributed by atoms with Gasteiger partial charge < -0.3 is 19.5 Å². The molecule has 1 amide bonds. The summed E-state index contributed by atoms with van der Waals surface area (Å²) >= 11 is 13.4. The lowest BCUT2D eigenvalue weighted by Gasteiger charge is -2.10. The van der Waals surface area contributed by atoms with E-state index in [0.29, 0.717) is 50.3 Å². The second-order valence-electron chi connectivity index (χ2n) is 7.12. The lowest BCUT2D eigenvalue weighted by molar-refractivity contribution is 0.102. The van der Waals surface area contributed by atoms with Crippen molar-refractivity contribution >= 4 is 46.1 Å². The van der Waals surface area contributed by atoms with Crippen LogP contribution in [0.5, 0.6) is 17.2 Å². The fourth-order valence-corrected chi connectivity index (χ4v) is 4.23. The van der Waals surface area contributed by atoms with Gasteiger partial charge in [0.15, 0.2) is 0 Å². The Bertz CT molecular complexity index is 1330. The third kappa shape index (κ3) is 5.62. The number of anilines is 1. The highest BCUT2D eigenvalue weighted by Gasteiger charge is 2.15. The molecule has 0 radical (unpaired) electrons. The van der Waals surface area contributed by atoms with Gasteiger partial charge in [0.2, 0.25) is 0 Å². The van der Waals surface area contributed by atoms with Crippen LogP contribution in [0.4, 0.5) is 5.69 Å². The molecule has 3 aromatic carbocycles. The standard InChI is InChI=1S/C25H20Cl2N2O4S/c1-31-17-7-9-21(23(12-17)32-2)28-24(30)22-14-34-25(29-22)16-4-3-5-18(11-16)33-13-15-6-8-19(26)20(27)10-15/h3-12,14H,13H2,1-2H3,(H,28,30). The number of thiazole rings is 1. The molecule has 0 aliphatic carbocycles. The molecule has 9 heteroatoms. The molecule has 4 aromatic rings. The van der Waals surface area contributed by atoms with Crippen LogP contribution in [-0.2, 0) is 6.61 Å². The van der Waals surface area contributed by atoms with Gasteiger partial charge in [-0.25, -0.2) is 4.98 Å². The van der Waals surface area contributed by atoms with Crippen LogP contribution < -0.4 is 19.5 Å². The van der Waals surface area contributed by atoms with Gasteiger partial charge in [0.05, 0.1) is 30.0 Å². The first kappa shape index (κ1) is 23.9. The summed E-state index contributed by atoms with van der Waals surface area (Å²) in [6, 6.07) is 18.1. The Hall–Kier alpha value is -3.26. The number of nitrogens with one attached hydrogen (secondary N) is 1. The fourth-order valence-electron chi connectivity index (χ4n) is 3.11. The van der Waals surface area contributed by atoms with E-state index in [2.05, 4.69) is 10.3 Å². The molecule has 1 N–H and O–H groups in total. The van der Waals surface area contributed by atoms with E-state index in [4.69, 9.17) is 37.4 Å². The van der Waals surface area contributed by atoms with E-state index in [0.717, 1.165) is 11.1 Å². The maximum Gasteiger partial charge on any atom is 0.275 e. The summed E-state index contributed by atoms with van der Waals surface area (Å²) in [7, 11) is 3.10. The van der Waals surface area contributed by atoms with Crippen LogP contribution in [0.2, 0.25) is 10.0 Å². The minimum Gasteiger partial charge on any atom is -0.497 e. The van der Waals surface area contributed by atoms with Crippen LogP contribution in [0, 0.1) is 0 Å². The lowest BCUT2D eigenvalue weighted by Crippen LogP contribution is -2.13. The zero-order chi connectivity index (χ0) is 24.1. The second-order valence-corrected chi connectivity index (χ2v) is 8.80. The minimum absolute atomic E-state index is 0.306. The Kier molecular flexibility index (Phi) is 7.57. The smallest absolute Gasteiger partial charge is 0.275 e. The van der Waals surface area contributed by atoms with Gasteiger partial charge in [0.25, 0.3) is 5.91 Å². The van der Waals surface area contributed by atoms with E-state index < -0.39 is 0 Å². The Balaban J connectivity index is 1.45. The molecule has 0 aliphatic heterocycles. The number of amides is 1. The van der Waals surface area contributed by atoms with E-state index in [1.54, 1.807) is 42.8 Å². The third-order valence-corrected chi connectivity index (χ3v) is 6.49. The first-order valence-corrected chi connectivity index (χ1v) is 11.8. The number of hydrogen-bond donors (Lipinski definition) is 1. The summed E-state index contributed by atoms with van der Waals surface area (Å²) in [5, 5.41) is 6.23. The molecule has 0 unspecified atom stereocenters. The van der Waals surface area contributed by atoms with Gasteiger partial charge in [0.1, 0.15) is 34.6 Å². The maximum absolute atomic E-state index is 12.8. The molecule has 0 saturated carbocycles. The summed E-state index contributed by atoms with van der Waals surface area (Å²) in [4.78, 5) is 17.3. The van der Waals surface area contributed by atoms with E-state index in [1.807, 2.05) is 30.3 Å². The highest BCUT2D eigenvalue weighted by molar-refractivity contribution is 7.13. The molecule has 0 saturated heterocycles. The predicted octanol–water partition coefficient (Wildman–Crippen LogP) is 6.97. The van der Waals surface area contributed by atoms with Crippen LogP contribution in [0.25, 0.3) is 10.6 Å². The highest BCUT2D eigenvalue weighted by Crippen LogP contribution is 2.31. The highest BCUT2D eigenvalue weighted by atomic mass is 35.5. The molecule has 1 heterocycles. The predicted molar refractivity (Wildman–Crippen MR) is 136 cm³/mol. The number of methoxy groups -OCH3 is 2. The summed E-state index contributed by atoms with van der Waals surface area (Å²) in [5.74, 6) is 1.47. The van der Waals surface area contributed by atoms with Crippen LogP contribution in [0.1, 0.15) is 16.1 Å². The van der Waals surface area contributed by atoms with Crippen molar-refractivity contribution in [3.63, 3.8) is 0 Å². The minimum atomic E-state index is -0.335. The maximum atomic E-state index is 12.8. The van der Waals surface area contributed by atoms with Gasteiger partial charge in [0, 0.05) is 17.0 Å². The molecule has 0 bridgehead atoms. The molecular weight excluding hydrogens is 495 g/mol. The quantitative estimate of drug-likeness (QED) is 0.275. The summed E-state index contributed by atoms with van der Waals surface area (Å²) in [5.41, 5.74) is 2.58. The fraction of sp³-hybridized carbons (Fsp3) is 0.120. The second kappa shape index (κ2) is 10.8. The molecule has 1 aromatic heterocycles. The van der Waals surface area contributed by atoms with E-state index in [-0.39, 0.29) is 5.91 Å². The molecule has 0 spiro atoms. The topological polar surface area (TPSA) is 69.7 Å². The SMILES string of the molecule is COc1ccc(NC(=O)c2csc(-c3cccc(OCc4ccc(Cl)c(Cl)c4)c3)n2)c(OC)c1. The number of nitrogens with zero attached hydrogens (tertiary/aromatic N) is 1. The van der Waals surface area contributed by atoms with Crippen molar-refractivity contribution < 1.29 is 19.0 Å². The summed E-state index contributed by atoms with van der Waals surface area (Å²) in [6.45, 7) is 0.343. The van der Waals surface area contributed by atoms with Crippen LogP contribution in [0.15, 0.2) is 66.0 Å². The number of carbonyl (C=O) groups is 1. The summed E-state index contributed by atoms with van der Waals surface area (Å²) < 4.78 is 16.4. The van der Waals surface area contributed by atoms with Gasteiger partial charge in [-0.3, -0.25) is 4.79 Å². The van der Waals surface area contributed by atoms with E-state index >= 15 is 0 Å². The van der Waals surface area contributed by atoms with Crippen molar-refractivity contribution in [3.8, 4) is 27.8 Å². The number of benzene rings is 3. The Morgan fingerprint density at radius 1 is 0.971 bits per heavy atom. The molecule has 4 rings (SSSR count). The van der Waals surface area contributed by atoms with Gasteiger partial charge in [-0.1, -0.05) is 41.4 Å². The first-order chi connectivity index (χ1) is 16.5. The number of carbonyl (C=O) groups excluding carboxylic acids is 1. The van der Waals surface area contributed by atoms with Crippen molar-refractivity contribution in [2.24, 2.45) is 0 Å². The largest absolute Gasteiger partial charge is 0.497 e. The van der Waals surface area contributed by atoms with Crippen molar-refractivity contribution in [2.75, 3.05) is 19.5 Å². The van der Waals surface area contributed by atoms with Gasteiger partial charge in [-0.05, 0) is 42.0 Å². The Morgan fingerprint density at radius 3 is 2.59 bits per heavy atom. The first-order valence-electron chi connectivity index (χ1n) is 10.1. The molecule has 6 nitrogen and oxygen atoms in total. The average molecular weight is 515 g/mol. The molecule has 174 valence electrons. The third-order valence-electron chi connectivity index (χ3n) is 4.86. The molecule has 0 aliphatic rings. The van der Waals surface area contributed by atoms with Crippen molar-refractivity contribution in [3.05, 3.63) is 87.3 Å². The Morgan fingerprint density at radius 2 is 1.82 bits per heavy atom. The number of ether oxygens (including phenoxy) is 3. The Labute approximate surface area is 211 Å². The zero-order valence-corrected chi connectivity index (χ0v) is 20.6. The van der Waals surface area contributed by atoms with E-state index in [1.165, 1.54) is 18.4 Å². The van der Waals surface area contributed by atoms with Crippen molar-refractivity contribution in [1.82, 2.24) is 4.98 Å². The zero-order valence-electron chi connectivity index (χ0n) is 18.3. The van der Waals surface area contributed by atoms with Crippen LogP contribution in [-0.4, -0.2) is 25.1 Å². The van der Waals surface area contributed by atoms with Gasteiger partial charge in [-0.2, -0.15) is 0 Å². The average Bonchev–Trinajstić information content (AvgIpc) is 3.36. The number of hydrogen-bond acceptors (Lipinski definition) is 6. The summed E-state index contributed by atoms with van der Waals surface area (Å²) in [6.07, 6.45) is 0. The molecular formula is C25H20Cl2N2O4S. The normalized spacial score (nSPS) is 10.6. The van der Waals surface area contributed by atoms with Crippen LogP contribution in [0.3, 0.4) is 0 Å².